The van der Waals surface area contributed by atoms with Crippen LogP contribution >= 0.6 is 11.3 Å². The molecule has 1 fully saturated rings. The summed E-state index contributed by atoms with van der Waals surface area (Å²) in [6, 6.07) is 10.5. The van der Waals surface area contributed by atoms with E-state index in [9.17, 15) is 4.79 Å². The fourth-order valence-corrected chi connectivity index (χ4v) is 4.68. The predicted molar refractivity (Wildman–Crippen MR) is 113 cm³/mol. The summed E-state index contributed by atoms with van der Waals surface area (Å²) in [7, 11) is 0. The zero-order valence-corrected chi connectivity index (χ0v) is 17.6. The van der Waals surface area contributed by atoms with Gasteiger partial charge in [0.25, 0.3) is 0 Å². The SMILES string of the molecule is Cc1noc(C)c1CC(=O)N[C@H]1CN(Cc2cscn2)CC[C@H]1c1ccccc1. The van der Waals surface area contributed by atoms with Crippen molar-refractivity contribution < 1.29 is 9.32 Å². The normalized spacial score (nSPS) is 19.9. The summed E-state index contributed by atoms with van der Waals surface area (Å²) in [5, 5.41) is 9.36. The van der Waals surface area contributed by atoms with Crippen molar-refractivity contribution in [1.29, 1.82) is 0 Å². The van der Waals surface area contributed by atoms with Crippen LogP contribution in [0.5, 0.6) is 0 Å². The molecule has 0 aliphatic carbocycles. The third-order valence-electron chi connectivity index (χ3n) is 5.66. The maximum absolute atomic E-state index is 12.9. The number of hydrogen-bond donors (Lipinski definition) is 1. The molecule has 1 amide bonds. The average molecular weight is 411 g/mol. The van der Waals surface area contributed by atoms with Crippen molar-refractivity contribution in [2.75, 3.05) is 13.1 Å². The van der Waals surface area contributed by atoms with E-state index in [1.54, 1.807) is 11.3 Å². The number of carbonyl (C=O) groups is 1. The lowest BCUT2D eigenvalue weighted by molar-refractivity contribution is -0.121. The lowest BCUT2D eigenvalue weighted by atomic mass is 9.85. The van der Waals surface area contributed by atoms with Gasteiger partial charge in [0, 0.05) is 36.0 Å². The molecule has 1 aliphatic rings. The molecular weight excluding hydrogens is 384 g/mol. The molecule has 0 saturated carbocycles. The maximum atomic E-state index is 12.9. The largest absolute Gasteiger partial charge is 0.361 e. The van der Waals surface area contributed by atoms with Gasteiger partial charge in [-0.05, 0) is 32.4 Å². The molecule has 1 aromatic carbocycles. The second-order valence-electron chi connectivity index (χ2n) is 7.67. The van der Waals surface area contributed by atoms with Crippen molar-refractivity contribution in [2.45, 2.75) is 45.2 Å². The van der Waals surface area contributed by atoms with Crippen LogP contribution < -0.4 is 5.32 Å². The molecule has 0 radical (unpaired) electrons. The molecule has 3 aromatic rings. The van der Waals surface area contributed by atoms with Gasteiger partial charge in [-0.1, -0.05) is 35.5 Å². The summed E-state index contributed by atoms with van der Waals surface area (Å²) in [6.45, 7) is 6.35. The van der Waals surface area contributed by atoms with Crippen LogP contribution in [0.15, 0.2) is 45.7 Å². The number of carbonyl (C=O) groups excluding carboxylic acids is 1. The summed E-state index contributed by atoms with van der Waals surface area (Å²) in [5.41, 5.74) is 5.91. The molecule has 29 heavy (non-hydrogen) atoms. The van der Waals surface area contributed by atoms with Crippen molar-refractivity contribution >= 4 is 17.2 Å². The van der Waals surface area contributed by atoms with Crippen LogP contribution in [-0.4, -0.2) is 40.1 Å². The molecular formula is C22H26N4O2S. The molecule has 4 rings (SSSR count). The van der Waals surface area contributed by atoms with Crippen molar-refractivity contribution in [2.24, 2.45) is 0 Å². The van der Waals surface area contributed by atoms with Crippen LogP contribution in [0.2, 0.25) is 0 Å². The summed E-state index contributed by atoms with van der Waals surface area (Å²) in [6.07, 6.45) is 1.30. The average Bonchev–Trinajstić information content (AvgIpc) is 3.34. The monoisotopic (exact) mass is 410 g/mol. The van der Waals surface area contributed by atoms with Crippen LogP contribution in [0, 0.1) is 13.8 Å². The first kappa shape index (κ1) is 19.8. The third kappa shape index (κ3) is 4.74. The zero-order valence-electron chi connectivity index (χ0n) is 16.8. The Kier molecular flexibility index (Phi) is 6.06. The Hall–Kier alpha value is -2.51. The number of amides is 1. The van der Waals surface area contributed by atoms with Gasteiger partial charge in [0.05, 0.1) is 23.3 Å². The molecule has 1 saturated heterocycles. The number of likely N-dealkylation sites (tertiary alicyclic amines) is 1. The van der Waals surface area contributed by atoms with Crippen LogP contribution in [0.1, 0.15) is 40.6 Å². The van der Waals surface area contributed by atoms with Crippen molar-refractivity contribution in [1.82, 2.24) is 20.4 Å². The van der Waals surface area contributed by atoms with Gasteiger partial charge in [-0.3, -0.25) is 9.69 Å². The highest BCUT2D eigenvalue weighted by molar-refractivity contribution is 7.07. The highest BCUT2D eigenvalue weighted by Crippen LogP contribution is 2.29. The van der Waals surface area contributed by atoms with Crippen LogP contribution in [0.25, 0.3) is 0 Å². The zero-order chi connectivity index (χ0) is 20.2. The van der Waals surface area contributed by atoms with E-state index in [1.807, 2.05) is 25.4 Å². The molecule has 0 spiro atoms. The number of aryl methyl sites for hydroxylation is 2. The minimum absolute atomic E-state index is 0.0147. The minimum atomic E-state index is 0.0147. The number of benzene rings is 1. The summed E-state index contributed by atoms with van der Waals surface area (Å²) < 4.78 is 5.21. The molecule has 2 atom stereocenters. The highest BCUT2D eigenvalue weighted by Gasteiger charge is 2.32. The minimum Gasteiger partial charge on any atom is -0.361 e. The third-order valence-corrected chi connectivity index (χ3v) is 6.29. The molecule has 0 bridgehead atoms. The Morgan fingerprint density at radius 2 is 2.14 bits per heavy atom. The van der Waals surface area contributed by atoms with Gasteiger partial charge in [0.1, 0.15) is 5.76 Å². The second-order valence-corrected chi connectivity index (χ2v) is 8.39. The smallest absolute Gasteiger partial charge is 0.224 e. The van der Waals surface area contributed by atoms with Crippen molar-refractivity contribution in [3.63, 3.8) is 0 Å². The first-order valence-electron chi connectivity index (χ1n) is 9.95. The fraction of sp³-hybridized carbons (Fsp3) is 0.409. The van der Waals surface area contributed by atoms with E-state index in [1.165, 1.54) is 5.56 Å². The molecule has 7 heteroatoms. The Labute approximate surface area is 174 Å². The van der Waals surface area contributed by atoms with Crippen LogP contribution in [-0.2, 0) is 17.8 Å². The van der Waals surface area contributed by atoms with E-state index in [0.717, 1.165) is 43.0 Å². The molecule has 0 unspecified atom stereocenters. The summed E-state index contributed by atoms with van der Waals surface area (Å²) in [4.78, 5) is 19.7. The van der Waals surface area contributed by atoms with Crippen LogP contribution in [0.4, 0.5) is 0 Å². The number of piperidine rings is 1. The highest BCUT2D eigenvalue weighted by atomic mass is 32.1. The second kappa shape index (κ2) is 8.88. The van der Waals surface area contributed by atoms with Gasteiger partial charge in [0.15, 0.2) is 0 Å². The van der Waals surface area contributed by atoms with Crippen molar-refractivity contribution in [3.05, 3.63) is 69.5 Å². The van der Waals surface area contributed by atoms with Gasteiger partial charge >= 0.3 is 0 Å². The van der Waals surface area contributed by atoms with Crippen molar-refractivity contribution in [3.8, 4) is 0 Å². The van der Waals surface area contributed by atoms with E-state index >= 15 is 0 Å². The molecule has 2 aromatic heterocycles. The number of rotatable bonds is 6. The first-order valence-corrected chi connectivity index (χ1v) is 10.9. The van der Waals surface area contributed by atoms with E-state index < -0.39 is 0 Å². The topological polar surface area (TPSA) is 71.3 Å². The van der Waals surface area contributed by atoms with Gasteiger partial charge in [-0.15, -0.1) is 11.3 Å². The standard InChI is InChI=1S/C22H26N4O2S/c1-15-20(16(2)28-25-15)10-22(27)24-21-12-26(11-18-13-29-14-23-18)9-8-19(21)17-6-4-3-5-7-17/h3-7,13-14,19,21H,8-12H2,1-2H3,(H,24,27)/t19-,21-/m0/s1. The maximum Gasteiger partial charge on any atom is 0.224 e. The van der Waals surface area contributed by atoms with Gasteiger partial charge in [-0.2, -0.15) is 0 Å². The molecule has 6 nitrogen and oxygen atoms in total. The van der Waals surface area contributed by atoms with Gasteiger partial charge < -0.3 is 9.84 Å². The number of nitrogens with zero attached hydrogens (tertiary/aromatic N) is 3. The number of aromatic nitrogens is 2. The van der Waals surface area contributed by atoms with E-state index in [2.05, 4.69) is 50.0 Å². The number of thiazole rings is 1. The number of hydrogen-bond acceptors (Lipinski definition) is 6. The Morgan fingerprint density at radius 3 is 2.83 bits per heavy atom. The lowest BCUT2D eigenvalue weighted by Gasteiger charge is -2.39. The molecule has 1 aliphatic heterocycles. The van der Waals surface area contributed by atoms with E-state index in [4.69, 9.17) is 4.52 Å². The van der Waals surface area contributed by atoms with E-state index in [-0.39, 0.29) is 11.9 Å². The molecule has 152 valence electrons. The quantitative estimate of drug-likeness (QED) is 0.674. The molecule has 3 heterocycles. The summed E-state index contributed by atoms with van der Waals surface area (Å²) >= 11 is 1.62. The molecule has 1 N–H and O–H groups in total. The number of nitrogens with one attached hydrogen (secondary N) is 1. The fourth-order valence-electron chi connectivity index (χ4n) is 4.13. The van der Waals surface area contributed by atoms with E-state index in [0.29, 0.717) is 18.1 Å². The lowest BCUT2D eigenvalue weighted by Crippen LogP contribution is -2.51. The Balaban J connectivity index is 1.48. The Morgan fingerprint density at radius 1 is 1.31 bits per heavy atom. The summed E-state index contributed by atoms with van der Waals surface area (Å²) in [5.74, 6) is 1.03. The first-order chi connectivity index (χ1) is 14.1. The predicted octanol–water partition coefficient (Wildman–Crippen LogP) is 3.46. The Bertz CT molecular complexity index is 920. The van der Waals surface area contributed by atoms with Gasteiger partial charge in [-0.25, -0.2) is 4.98 Å². The van der Waals surface area contributed by atoms with Gasteiger partial charge in [0.2, 0.25) is 5.91 Å². The van der Waals surface area contributed by atoms with Crippen LogP contribution in [0.3, 0.4) is 0 Å².